The molecule has 7 rings (SSSR count). The highest BCUT2D eigenvalue weighted by molar-refractivity contribution is 6.33. The van der Waals surface area contributed by atoms with Crippen LogP contribution in [0.1, 0.15) is 27.3 Å². The molecule has 0 fully saturated rings. The molecule has 0 bridgehead atoms. The zero-order valence-corrected chi connectivity index (χ0v) is 25.2. The van der Waals surface area contributed by atoms with Crippen LogP contribution in [0.25, 0.3) is 17.0 Å². The first-order valence-electron chi connectivity index (χ1n) is 14.9. The standard InChI is InChI=1S/C38H27N5O4/c1-25-39-33-18-9-8-17-32(33)37(45)43(25)41-36(44)28-19-21-29(22-20-28)42-35(27-12-4-2-5-13-27)40-34(38(42)46)24-26-11-10-16-31(23-26)47-30-14-6-3-7-15-30/h2-24H,1H3,(H,41,44)/b34-24-. The first kappa shape index (κ1) is 29.1. The molecule has 0 saturated heterocycles. The number of nitrogens with one attached hydrogen (secondary N) is 1. The van der Waals surface area contributed by atoms with Crippen molar-refractivity contribution in [3.05, 3.63) is 172 Å². The van der Waals surface area contributed by atoms with Gasteiger partial charge < -0.3 is 4.74 Å². The fourth-order valence-electron chi connectivity index (χ4n) is 5.29. The minimum Gasteiger partial charge on any atom is -0.457 e. The number of hydrogen-bond acceptors (Lipinski definition) is 6. The number of carbonyl (C=O) groups is 2. The van der Waals surface area contributed by atoms with E-state index in [4.69, 9.17) is 9.73 Å². The van der Waals surface area contributed by atoms with Crippen molar-refractivity contribution in [2.75, 3.05) is 10.3 Å². The summed E-state index contributed by atoms with van der Waals surface area (Å²) in [4.78, 5) is 50.9. The number of nitrogens with zero attached hydrogens (tertiary/aromatic N) is 4. The molecule has 9 heteroatoms. The summed E-state index contributed by atoms with van der Waals surface area (Å²) < 4.78 is 7.11. The molecule has 0 aliphatic carbocycles. The summed E-state index contributed by atoms with van der Waals surface area (Å²) in [6, 6.07) is 39.8. The number of aryl methyl sites for hydroxylation is 1. The molecule has 6 aromatic rings. The van der Waals surface area contributed by atoms with Gasteiger partial charge in [0.1, 0.15) is 28.9 Å². The number of hydrogen-bond donors (Lipinski definition) is 1. The molecule has 2 heterocycles. The summed E-state index contributed by atoms with van der Waals surface area (Å²) in [5.74, 6) is 1.33. The fourth-order valence-corrected chi connectivity index (χ4v) is 5.29. The number of benzene rings is 5. The van der Waals surface area contributed by atoms with Crippen molar-refractivity contribution in [2.45, 2.75) is 6.92 Å². The Labute approximate surface area is 269 Å². The van der Waals surface area contributed by atoms with Crippen molar-refractivity contribution >= 4 is 40.3 Å². The summed E-state index contributed by atoms with van der Waals surface area (Å²) in [6.07, 6.45) is 1.72. The van der Waals surface area contributed by atoms with Gasteiger partial charge in [-0.2, -0.15) is 0 Å². The van der Waals surface area contributed by atoms with E-state index >= 15 is 0 Å². The van der Waals surface area contributed by atoms with Gasteiger partial charge in [0, 0.05) is 11.1 Å². The van der Waals surface area contributed by atoms with E-state index in [-0.39, 0.29) is 17.2 Å². The topological polar surface area (TPSA) is 106 Å². The molecule has 1 aliphatic rings. The third kappa shape index (κ3) is 5.93. The van der Waals surface area contributed by atoms with E-state index in [1.165, 1.54) is 4.90 Å². The number of amidine groups is 1. The van der Waals surface area contributed by atoms with Gasteiger partial charge >= 0.3 is 0 Å². The Morgan fingerprint density at radius 3 is 2.21 bits per heavy atom. The van der Waals surface area contributed by atoms with E-state index in [1.54, 1.807) is 61.5 Å². The summed E-state index contributed by atoms with van der Waals surface area (Å²) >= 11 is 0. The Kier molecular flexibility index (Phi) is 7.69. The Morgan fingerprint density at radius 2 is 1.45 bits per heavy atom. The molecule has 2 amide bonds. The average Bonchev–Trinajstić information content (AvgIpc) is 3.42. The minimum atomic E-state index is -0.498. The smallest absolute Gasteiger partial charge is 0.282 e. The van der Waals surface area contributed by atoms with Gasteiger partial charge in [0.15, 0.2) is 0 Å². The molecule has 1 aliphatic heterocycles. The van der Waals surface area contributed by atoms with Crippen LogP contribution < -0.4 is 20.6 Å². The van der Waals surface area contributed by atoms with Crippen LogP contribution in [0.15, 0.2) is 149 Å². The van der Waals surface area contributed by atoms with Crippen LogP contribution in [0.4, 0.5) is 5.69 Å². The first-order chi connectivity index (χ1) is 22.9. The molecule has 0 radical (unpaired) electrons. The van der Waals surface area contributed by atoms with Crippen molar-refractivity contribution in [2.24, 2.45) is 4.99 Å². The predicted molar refractivity (Wildman–Crippen MR) is 182 cm³/mol. The fraction of sp³-hybridized carbons (Fsp3) is 0.0263. The molecular weight excluding hydrogens is 590 g/mol. The first-order valence-corrected chi connectivity index (χ1v) is 14.9. The van der Waals surface area contributed by atoms with Crippen molar-refractivity contribution in [3.8, 4) is 11.5 Å². The van der Waals surface area contributed by atoms with Gasteiger partial charge in [-0.3, -0.25) is 24.7 Å². The van der Waals surface area contributed by atoms with Crippen LogP contribution in [-0.2, 0) is 4.79 Å². The summed E-state index contributed by atoms with van der Waals surface area (Å²) in [5, 5.41) is 0.397. The Morgan fingerprint density at radius 1 is 0.766 bits per heavy atom. The molecular formula is C38H27N5O4. The van der Waals surface area contributed by atoms with Gasteiger partial charge in [-0.15, -0.1) is 0 Å². The third-order valence-corrected chi connectivity index (χ3v) is 7.58. The van der Waals surface area contributed by atoms with Crippen LogP contribution >= 0.6 is 0 Å². The van der Waals surface area contributed by atoms with Gasteiger partial charge in [0.25, 0.3) is 17.4 Å². The molecule has 0 atom stereocenters. The number of aliphatic imine (C=N–C) groups is 1. The lowest BCUT2D eigenvalue weighted by atomic mass is 10.1. The Balaban J connectivity index is 1.17. The predicted octanol–water partition coefficient (Wildman–Crippen LogP) is 6.72. The molecule has 1 aromatic heterocycles. The van der Waals surface area contributed by atoms with E-state index in [9.17, 15) is 14.4 Å². The largest absolute Gasteiger partial charge is 0.457 e. The van der Waals surface area contributed by atoms with Gasteiger partial charge in [-0.05, 0) is 79.2 Å². The number of amides is 2. The summed E-state index contributed by atoms with van der Waals surface area (Å²) in [5.41, 5.74) is 5.41. The molecule has 9 nitrogen and oxygen atoms in total. The number of ether oxygens (including phenoxy) is 1. The van der Waals surface area contributed by atoms with Crippen LogP contribution in [0.3, 0.4) is 0 Å². The van der Waals surface area contributed by atoms with Gasteiger partial charge in [-0.1, -0.05) is 72.8 Å². The zero-order valence-electron chi connectivity index (χ0n) is 25.2. The summed E-state index contributed by atoms with van der Waals surface area (Å²) in [7, 11) is 0. The number of anilines is 1. The van der Waals surface area contributed by atoms with Gasteiger partial charge in [-0.25, -0.2) is 14.7 Å². The molecule has 0 unspecified atom stereocenters. The normalized spacial score (nSPS) is 13.6. The van der Waals surface area contributed by atoms with E-state index < -0.39 is 5.91 Å². The molecule has 0 spiro atoms. The Hall–Kier alpha value is -6.61. The monoisotopic (exact) mass is 617 g/mol. The lowest BCUT2D eigenvalue weighted by Crippen LogP contribution is -2.35. The highest BCUT2D eigenvalue weighted by Gasteiger charge is 2.32. The second kappa shape index (κ2) is 12.4. The number of fused-ring (bicyclic) bond motifs is 1. The molecule has 47 heavy (non-hydrogen) atoms. The molecule has 1 N–H and O–H groups in total. The van der Waals surface area contributed by atoms with Crippen LogP contribution in [0, 0.1) is 6.92 Å². The SMILES string of the molecule is Cc1nc2ccccc2c(=O)n1NC(=O)c1ccc(N2C(=O)/C(=C/c3cccc(Oc4ccccc4)c3)N=C2c2ccccc2)cc1. The van der Waals surface area contributed by atoms with Crippen molar-refractivity contribution in [1.82, 2.24) is 9.66 Å². The number of aromatic nitrogens is 2. The number of carbonyl (C=O) groups excluding carboxylic acids is 2. The number of rotatable bonds is 7. The zero-order chi connectivity index (χ0) is 32.3. The maximum absolute atomic E-state index is 13.9. The van der Waals surface area contributed by atoms with Crippen LogP contribution in [0.2, 0.25) is 0 Å². The maximum atomic E-state index is 13.9. The van der Waals surface area contributed by atoms with E-state index in [0.717, 1.165) is 15.8 Å². The molecule has 228 valence electrons. The van der Waals surface area contributed by atoms with Crippen molar-refractivity contribution in [3.63, 3.8) is 0 Å². The molecule has 5 aromatic carbocycles. The third-order valence-electron chi connectivity index (χ3n) is 7.58. The Bertz CT molecular complexity index is 2260. The second-order valence-electron chi connectivity index (χ2n) is 10.8. The average molecular weight is 618 g/mol. The van der Waals surface area contributed by atoms with E-state index in [0.29, 0.717) is 45.3 Å². The lowest BCUT2D eigenvalue weighted by Gasteiger charge is -2.19. The van der Waals surface area contributed by atoms with E-state index in [2.05, 4.69) is 10.4 Å². The van der Waals surface area contributed by atoms with Crippen LogP contribution in [-0.4, -0.2) is 27.3 Å². The second-order valence-corrected chi connectivity index (χ2v) is 10.8. The van der Waals surface area contributed by atoms with Crippen molar-refractivity contribution < 1.29 is 14.3 Å². The van der Waals surface area contributed by atoms with Gasteiger partial charge in [0.2, 0.25) is 0 Å². The minimum absolute atomic E-state index is 0.251. The lowest BCUT2D eigenvalue weighted by molar-refractivity contribution is -0.113. The highest BCUT2D eigenvalue weighted by Crippen LogP contribution is 2.29. The van der Waals surface area contributed by atoms with E-state index in [1.807, 2.05) is 84.9 Å². The maximum Gasteiger partial charge on any atom is 0.282 e. The van der Waals surface area contributed by atoms with Crippen LogP contribution in [0.5, 0.6) is 11.5 Å². The number of para-hydroxylation sites is 2. The van der Waals surface area contributed by atoms with Gasteiger partial charge in [0.05, 0.1) is 16.6 Å². The molecule has 0 saturated carbocycles. The summed E-state index contributed by atoms with van der Waals surface area (Å²) in [6.45, 7) is 1.65. The highest BCUT2D eigenvalue weighted by atomic mass is 16.5. The quantitative estimate of drug-likeness (QED) is 0.200. The van der Waals surface area contributed by atoms with Crippen molar-refractivity contribution in [1.29, 1.82) is 0 Å².